The SMILES string of the molecule is COC(OP(=O)(O)O)C(O)C(O)C(O)C(C)[C@H](O)C(N)=O. The lowest BCUT2D eigenvalue weighted by Crippen LogP contribution is -2.51. The van der Waals surface area contributed by atoms with Gasteiger partial charge in [-0.2, -0.15) is 0 Å². The van der Waals surface area contributed by atoms with Gasteiger partial charge in [-0.1, -0.05) is 6.92 Å². The van der Waals surface area contributed by atoms with E-state index < -0.39 is 50.4 Å². The summed E-state index contributed by atoms with van der Waals surface area (Å²) in [6.07, 6.45) is -9.70. The van der Waals surface area contributed by atoms with E-state index in [1.807, 2.05) is 0 Å². The highest BCUT2D eigenvalue weighted by molar-refractivity contribution is 7.46. The monoisotopic (exact) mass is 333 g/mol. The molecule has 0 rings (SSSR count). The van der Waals surface area contributed by atoms with Crippen molar-refractivity contribution >= 4 is 13.7 Å². The van der Waals surface area contributed by atoms with Crippen LogP contribution in [0.4, 0.5) is 0 Å². The predicted octanol–water partition coefficient (Wildman–Crippen LogP) is -3.37. The number of carbonyl (C=O) groups is 1. The number of aliphatic hydroxyl groups is 4. The predicted molar refractivity (Wildman–Crippen MR) is 66.3 cm³/mol. The van der Waals surface area contributed by atoms with Gasteiger partial charge < -0.3 is 40.7 Å². The Morgan fingerprint density at radius 1 is 1.10 bits per heavy atom. The number of carbonyl (C=O) groups excluding carboxylic acids is 1. The molecular weight excluding hydrogens is 313 g/mol. The number of ether oxygens (including phenoxy) is 1. The van der Waals surface area contributed by atoms with Crippen LogP contribution >= 0.6 is 7.82 Å². The number of methoxy groups -OCH3 is 1. The summed E-state index contributed by atoms with van der Waals surface area (Å²) in [5, 5.41) is 38.5. The van der Waals surface area contributed by atoms with Gasteiger partial charge in [0.1, 0.15) is 18.3 Å². The summed E-state index contributed by atoms with van der Waals surface area (Å²) >= 11 is 0. The second-order valence-electron chi connectivity index (χ2n) is 4.38. The van der Waals surface area contributed by atoms with Gasteiger partial charge in [0.05, 0.1) is 6.10 Å². The van der Waals surface area contributed by atoms with Crippen LogP contribution in [0.15, 0.2) is 0 Å². The fourth-order valence-electron chi connectivity index (χ4n) is 1.50. The van der Waals surface area contributed by atoms with Crippen LogP contribution in [0.1, 0.15) is 6.92 Å². The molecule has 0 aliphatic carbocycles. The van der Waals surface area contributed by atoms with Gasteiger partial charge in [0.15, 0.2) is 6.29 Å². The van der Waals surface area contributed by atoms with E-state index in [9.17, 15) is 29.8 Å². The zero-order valence-corrected chi connectivity index (χ0v) is 12.2. The second kappa shape index (κ2) is 8.13. The first kappa shape index (κ1) is 20.4. The first-order chi connectivity index (χ1) is 9.42. The molecule has 6 atom stereocenters. The highest BCUT2D eigenvalue weighted by atomic mass is 31.2. The Kier molecular flexibility index (Phi) is 7.89. The van der Waals surface area contributed by atoms with E-state index in [1.165, 1.54) is 6.92 Å². The topological polar surface area (TPSA) is 200 Å². The average molecular weight is 333 g/mol. The van der Waals surface area contributed by atoms with Gasteiger partial charge >= 0.3 is 7.82 Å². The molecule has 0 aliphatic rings. The van der Waals surface area contributed by atoms with Crippen molar-refractivity contribution in [2.45, 2.75) is 37.6 Å². The molecule has 21 heavy (non-hydrogen) atoms. The van der Waals surface area contributed by atoms with Crippen LogP contribution in [0, 0.1) is 5.92 Å². The molecule has 1 amide bonds. The molecule has 0 heterocycles. The molecular formula is C9H20NO10P. The van der Waals surface area contributed by atoms with Crippen molar-refractivity contribution in [3.8, 4) is 0 Å². The van der Waals surface area contributed by atoms with Gasteiger partial charge in [0, 0.05) is 13.0 Å². The zero-order chi connectivity index (χ0) is 17.0. The quantitative estimate of drug-likeness (QED) is 0.165. The highest BCUT2D eigenvalue weighted by Gasteiger charge is 2.40. The standard InChI is InChI=1S/C9H20NO10P/c1-3(5(12)8(10)15)4(11)6(13)7(14)9(19-2)20-21(16,17)18/h3-7,9,11-14H,1-2H3,(H2,10,15)(H2,16,17,18)/t3?,4?,5-,6?,7?,9?/m0/s1. The van der Waals surface area contributed by atoms with Gasteiger partial charge in [0.25, 0.3) is 0 Å². The lowest BCUT2D eigenvalue weighted by molar-refractivity contribution is -0.192. The van der Waals surface area contributed by atoms with Crippen LogP contribution in [-0.2, 0) is 18.6 Å². The summed E-state index contributed by atoms with van der Waals surface area (Å²) in [5.41, 5.74) is 4.82. The van der Waals surface area contributed by atoms with Crippen molar-refractivity contribution in [3.63, 3.8) is 0 Å². The van der Waals surface area contributed by atoms with Crippen molar-refractivity contribution in [2.24, 2.45) is 11.7 Å². The largest absolute Gasteiger partial charge is 0.472 e. The molecule has 5 unspecified atom stereocenters. The van der Waals surface area contributed by atoms with E-state index in [-0.39, 0.29) is 0 Å². The Bertz CT molecular complexity index is 387. The zero-order valence-electron chi connectivity index (χ0n) is 11.3. The summed E-state index contributed by atoms with van der Waals surface area (Å²) in [7, 11) is -4.09. The van der Waals surface area contributed by atoms with E-state index in [4.69, 9.17) is 15.5 Å². The molecule has 0 aliphatic heterocycles. The lowest BCUT2D eigenvalue weighted by Gasteiger charge is -2.31. The number of amides is 1. The van der Waals surface area contributed by atoms with Crippen molar-refractivity contribution < 1.29 is 48.8 Å². The summed E-state index contributed by atoms with van der Waals surface area (Å²) in [4.78, 5) is 28.0. The molecule has 0 aromatic carbocycles. The lowest BCUT2D eigenvalue weighted by atomic mass is 9.91. The summed E-state index contributed by atoms with van der Waals surface area (Å²) in [6, 6.07) is 0. The van der Waals surface area contributed by atoms with E-state index in [0.29, 0.717) is 0 Å². The molecule has 0 bridgehead atoms. The van der Waals surface area contributed by atoms with Crippen LogP contribution in [0.25, 0.3) is 0 Å². The van der Waals surface area contributed by atoms with E-state index in [1.54, 1.807) is 0 Å². The number of hydrogen-bond acceptors (Lipinski definition) is 8. The minimum atomic E-state index is -5.02. The molecule has 0 saturated carbocycles. The first-order valence-electron chi connectivity index (χ1n) is 5.70. The molecule has 0 aromatic rings. The van der Waals surface area contributed by atoms with Gasteiger partial charge in [-0.25, -0.2) is 4.57 Å². The van der Waals surface area contributed by atoms with Crippen molar-refractivity contribution in [1.29, 1.82) is 0 Å². The highest BCUT2D eigenvalue weighted by Crippen LogP contribution is 2.38. The maximum Gasteiger partial charge on any atom is 0.472 e. The van der Waals surface area contributed by atoms with Crippen molar-refractivity contribution in [3.05, 3.63) is 0 Å². The fourth-order valence-corrected chi connectivity index (χ4v) is 1.98. The van der Waals surface area contributed by atoms with Crippen LogP contribution in [0.3, 0.4) is 0 Å². The van der Waals surface area contributed by atoms with Gasteiger partial charge in [-0.15, -0.1) is 0 Å². The van der Waals surface area contributed by atoms with Crippen LogP contribution in [-0.4, -0.2) is 73.9 Å². The molecule has 0 fully saturated rings. The number of aliphatic hydroxyl groups excluding tert-OH is 4. The van der Waals surface area contributed by atoms with Gasteiger partial charge in [0.2, 0.25) is 5.91 Å². The average Bonchev–Trinajstić information content (AvgIpc) is 2.39. The molecule has 0 aromatic heterocycles. The third kappa shape index (κ3) is 6.34. The van der Waals surface area contributed by atoms with Crippen LogP contribution in [0.2, 0.25) is 0 Å². The Labute approximate surface area is 120 Å². The minimum absolute atomic E-state index is 0.935. The van der Waals surface area contributed by atoms with Gasteiger partial charge in [-0.3, -0.25) is 9.32 Å². The number of phosphoric acid groups is 1. The van der Waals surface area contributed by atoms with Crippen LogP contribution in [0.5, 0.6) is 0 Å². The van der Waals surface area contributed by atoms with E-state index in [0.717, 1.165) is 7.11 Å². The molecule has 0 radical (unpaired) electrons. The van der Waals surface area contributed by atoms with Crippen LogP contribution < -0.4 is 5.73 Å². The molecule has 11 nitrogen and oxygen atoms in total. The maximum atomic E-state index is 10.8. The number of nitrogens with two attached hydrogens (primary N) is 1. The normalized spacial score (nSPS) is 21.1. The molecule has 8 N–H and O–H groups in total. The molecule has 0 saturated heterocycles. The summed E-state index contributed by atoms with van der Waals surface area (Å²) < 4.78 is 19.2. The number of phosphoric ester groups is 1. The Hall–Kier alpha value is -0.620. The maximum absolute atomic E-state index is 10.8. The Morgan fingerprint density at radius 2 is 1.57 bits per heavy atom. The number of rotatable bonds is 9. The fraction of sp³-hybridized carbons (Fsp3) is 0.889. The number of primary amides is 1. The Morgan fingerprint density at radius 3 is 1.90 bits per heavy atom. The molecule has 0 spiro atoms. The molecule has 126 valence electrons. The minimum Gasteiger partial charge on any atom is -0.390 e. The first-order valence-corrected chi connectivity index (χ1v) is 7.23. The summed E-state index contributed by atoms with van der Waals surface area (Å²) in [5.74, 6) is -2.42. The van der Waals surface area contributed by atoms with E-state index in [2.05, 4.69) is 9.26 Å². The van der Waals surface area contributed by atoms with Crippen molar-refractivity contribution in [2.75, 3.05) is 7.11 Å². The Balaban J connectivity index is 4.91. The third-order valence-electron chi connectivity index (χ3n) is 2.78. The number of hydrogen-bond donors (Lipinski definition) is 7. The van der Waals surface area contributed by atoms with E-state index >= 15 is 0 Å². The second-order valence-corrected chi connectivity index (χ2v) is 5.57. The van der Waals surface area contributed by atoms with Gasteiger partial charge in [-0.05, 0) is 0 Å². The smallest absolute Gasteiger partial charge is 0.390 e. The summed E-state index contributed by atoms with van der Waals surface area (Å²) in [6.45, 7) is 1.17. The molecule has 12 heteroatoms. The van der Waals surface area contributed by atoms with Crippen molar-refractivity contribution in [1.82, 2.24) is 0 Å². The third-order valence-corrected chi connectivity index (χ3v) is 3.26.